The Bertz CT molecular complexity index is 363. The van der Waals surface area contributed by atoms with Gasteiger partial charge >= 0.3 is 17.9 Å². The summed E-state index contributed by atoms with van der Waals surface area (Å²) in [6.45, 7) is 2.51. The van der Waals surface area contributed by atoms with Crippen LogP contribution in [0.3, 0.4) is 0 Å². The predicted molar refractivity (Wildman–Crippen MR) is 92.8 cm³/mol. The second-order valence-corrected chi connectivity index (χ2v) is 6.98. The minimum absolute atomic E-state index is 0.0116. The lowest BCUT2D eigenvalue weighted by atomic mass is 10.5. The zero-order valence-corrected chi connectivity index (χ0v) is 17.8. The van der Waals surface area contributed by atoms with Crippen molar-refractivity contribution in [3.05, 3.63) is 0 Å². The fraction of sp³-hybridized carbons (Fsp3) is 0.667. The standard InChI is InChI=1S/C6H9BrO4.C3H4Br2O.C3H6O3/c1-4(7)6(9)11-3-5(8)10-2;1-2(4)3(5)6;1-6-3(5)2-4/h4H,3H2,1-2H3;2H,1H3;4H,2H2,1H3. The lowest BCUT2D eigenvalue weighted by Crippen LogP contribution is -2.19. The number of hydrogen-bond acceptors (Lipinski definition) is 8. The van der Waals surface area contributed by atoms with Crippen molar-refractivity contribution in [3.63, 3.8) is 0 Å². The molecular formula is C12H19Br3O8. The SMILES string of the molecule is CC(Br)C(=O)Br.COC(=O)CO.COC(=O)COC(=O)C(C)Br. The molecule has 2 unspecified atom stereocenters. The average Bonchev–Trinajstić information content (AvgIpc) is 2.52. The van der Waals surface area contributed by atoms with Crippen LogP contribution in [0.25, 0.3) is 0 Å². The minimum atomic E-state index is -0.602. The van der Waals surface area contributed by atoms with Gasteiger partial charge in [0.1, 0.15) is 11.4 Å². The van der Waals surface area contributed by atoms with Crippen LogP contribution in [0.5, 0.6) is 0 Å². The van der Waals surface area contributed by atoms with Crippen molar-refractivity contribution in [2.45, 2.75) is 23.5 Å². The smallest absolute Gasteiger partial charge is 0.344 e. The molecule has 0 saturated heterocycles. The summed E-state index contributed by atoms with van der Waals surface area (Å²) in [6.07, 6.45) is 0. The summed E-state index contributed by atoms with van der Waals surface area (Å²) in [5.74, 6) is -1.64. The molecule has 0 bridgehead atoms. The van der Waals surface area contributed by atoms with Crippen LogP contribution in [0.4, 0.5) is 0 Å². The van der Waals surface area contributed by atoms with Gasteiger partial charge < -0.3 is 19.3 Å². The van der Waals surface area contributed by atoms with Gasteiger partial charge in [-0.1, -0.05) is 31.9 Å². The summed E-state index contributed by atoms with van der Waals surface area (Å²) in [6, 6.07) is 0. The number of alkyl halides is 2. The van der Waals surface area contributed by atoms with E-state index in [0.29, 0.717) is 0 Å². The van der Waals surface area contributed by atoms with E-state index in [2.05, 4.69) is 62.0 Å². The van der Waals surface area contributed by atoms with Crippen LogP contribution in [0.15, 0.2) is 0 Å². The Hall–Kier alpha value is -0.520. The molecule has 0 aliphatic carbocycles. The molecule has 0 aromatic rings. The number of carbonyl (C=O) groups is 4. The molecule has 11 heteroatoms. The largest absolute Gasteiger partial charge is 0.467 e. The van der Waals surface area contributed by atoms with Gasteiger partial charge in [0, 0.05) is 0 Å². The summed E-state index contributed by atoms with van der Waals surface area (Å²) in [5, 5.41) is 7.86. The van der Waals surface area contributed by atoms with E-state index in [1.54, 1.807) is 13.8 Å². The number of rotatable bonds is 5. The van der Waals surface area contributed by atoms with E-state index in [9.17, 15) is 19.2 Å². The molecule has 0 aliphatic heterocycles. The van der Waals surface area contributed by atoms with Gasteiger partial charge in [0.05, 0.1) is 19.0 Å². The molecular weight excluding hydrogens is 512 g/mol. The van der Waals surface area contributed by atoms with Gasteiger partial charge in [0.15, 0.2) is 6.61 Å². The average molecular weight is 531 g/mol. The molecule has 0 radical (unpaired) electrons. The van der Waals surface area contributed by atoms with Crippen LogP contribution in [-0.4, -0.2) is 64.8 Å². The summed E-state index contributed by atoms with van der Waals surface area (Å²) < 4.78 is 12.7. The highest BCUT2D eigenvalue weighted by molar-refractivity contribution is 9.20. The van der Waals surface area contributed by atoms with Gasteiger partial charge in [0.25, 0.3) is 0 Å². The molecule has 136 valence electrons. The Labute approximate surface area is 159 Å². The highest BCUT2D eigenvalue weighted by Gasteiger charge is 2.11. The third kappa shape index (κ3) is 23.9. The maximum Gasteiger partial charge on any atom is 0.344 e. The maximum absolute atomic E-state index is 10.7. The number of halogens is 3. The van der Waals surface area contributed by atoms with Crippen LogP contribution in [-0.2, 0) is 33.4 Å². The van der Waals surface area contributed by atoms with Crippen LogP contribution in [0.2, 0.25) is 0 Å². The Morgan fingerprint density at radius 3 is 1.52 bits per heavy atom. The Balaban J connectivity index is -0.000000284. The first-order chi connectivity index (χ1) is 10.5. The number of esters is 3. The summed E-state index contributed by atoms with van der Waals surface area (Å²) in [7, 11) is 2.45. The first-order valence-electron chi connectivity index (χ1n) is 5.91. The fourth-order valence-corrected chi connectivity index (χ4v) is 0.501. The number of aliphatic hydroxyl groups excluding tert-OH is 1. The van der Waals surface area contributed by atoms with E-state index < -0.39 is 29.3 Å². The van der Waals surface area contributed by atoms with Gasteiger partial charge in [-0.05, 0) is 29.8 Å². The number of ether oxygens (including phenoxy) is 3. The highest BCUT2D eigenvalue weighted by atomic mass is 79.9. The van der Waals surface area contributed by atoms with Gasteiger partial charge in [0.2, 0.25) is 4.69 Å². The van der Waals surface area contributed by atoms with E-state index in [1.807, 2.05) is 0 Å². The third-order valence-corrected chi connectivity index (χ3v) is 3.65. The molecule has 0 aromatic heterocycles. The van der Waals surface area contributed by atoms with Gasteiger partial charge in [-0.25, -0.2) is 9.59 Å². The first-order valence-corrected chi connectivity index (χ1v) is 8.54. The molecule has 8 nitrogen and oxygen atoms in total. The van der Waals surface area contributed by atoms with Crippen LogP contribution in [0, 0.1) is 0 Å². The molecule has 0 amide bonds. The van der Waals surface area contributed by atoms with Gasteiger partial charge in [-0.3, -0.25) is 9.59 Å². The lowest BCUT2D eigenvalue weighted by Gasteiger charge is -2.03. The number of hydrogen-bond donors (Lipinski definition) is 1. The predicted octanol–water partition coefficient (Wildman–Crippen LogP) is 1.33. The number of methoxy groups -OCH3 is 2. The van der Waals surface area contributed by atoms with Gasteiger partial charge in [-0.15, -0.1) is 0 Å². The molecule has 0 aromatic carbocycles. The molecule has 0 saturated carbocycles. The lowest BCUT2D eigenvalue weighted by molar-refractivity contribution is -0.156. The van der Waals surface area contributed by atoms with Crippen molar-refractivity contribution in [1.82, 2.24) is 0 Å². The van der Waals surface area contributed by atoms with Crippen molar-refractivity contribution >= 4 is 70.4 Å². The molecule has 0 rings (SSSR count). The molecule has 1 N–H and O–H groups in total. The molecule has 0 spiro atoms. The molecule has 23 heavy (non-hydrogen) atoms. The second kappa shape index (κ2) is 17.8. The molecule has 0 heterocycles. The van der Waals surface area contributed by atoms with Crippen molar-refractivity contribution in [3.8, 4) is 0 Å². The van der Waals surface area contributed by atoms with Crippen molar-refractivity contribution in [1.29, 1.82) is 0 Å². The number of carbonyl (C=O) groups excluding carboxylic acids is 4. The zero-order valence-electron chi connectivity index (χ0n) is 13.0. The fourth-order valence-electron chi connectivity index (χ4n) is 0.368. The number of aliphatic hydroxyl groups is 1. The normalized spacial score (nSPS) is 11.3. The molecule has 2 atom stereocenters. The third-order valence-electron chi connectivity index (χ3n) is 1.55. The quantitative estimate of drug-likeness (QED) is 0.245. The Morgan fingerprint density at radius 2 is 1.35 bits per heavy atom. The molecule has 0 aliphatic rings. The first kappa shape index (κ1) is 27.3. The molecule has 0 fully saturated rings. The van der Waals surface area contributed by atoms with E-state index in [0.717, 1.165) is 0 Å². The maximum atomic E-state index is 10.7. The van der Waals surface area contributed by atoms with Crippen LogP contribution < -0.4 is 0 Å². The Kier molecular flexibility index (Phi) is 21.2. The zero-order chi connectivity index (χ0) is 19.0. The topological polar surface area (TPSA) is 116 Å². The second-order valence-electron chi connectivity index (χ2n) is 3.45. The summed E-state index contributed by atoms with van der Waals surface area (Å²) in [5.41, 5.74) is 0. The van der Waals surface area contributed by atoms with E-state index in [4.69, 9.17) is 5.11 Å². The Morgan fingerprint density at radius 1 is 0.957 bits per heavy atom. The van der Waals surface area contributed by atoms with E-state index in [1.165, 1.54) is 14.2 Å². The van der Waals surface area contributed by atoms with Crippen LogP contribution in [0.1, 0.15) is 13.8 Å². The highest BCUT2D eigenvalue weighted by Crippen LogP contribution is 2.02. The van der Waals surface area contributed by atoms with Gasteiger partial charge in [-0.2, -0.15) is 0 Å². The summed E-state index contributed by atoms with van der Waals surface area (Å²) >= 11 is 8.78. The summed E-state index contributed by atoms with van der Waals surface area (Å²) in [4.78, 5) is 40.4. The minimum Gasteiger partial charge on any atom is -0.467 e. The monoisotopic (exact) mass is 528 g/mol. The van der Waals surface area contributed by atoms with Crippen molar-refractivity contribution in [2.75, 3.05) is 27.4 Å². The van der Waals surface area contributed by atoms with Crippen LogP contribution >= 0.6 is 47.8 Å². The van der Waals surface area contributed by atoms with Crippen molar-refractivity contribution in [2.24, 2.45) is 0 Å². The van der Waals surface area contributed by atoms with E-state index >= 15 is 0 Å². The van der Waals surface area contributed by atoms with Crippen molar-refractivity contribution < 1.29 is 38.5 Å². The van der Waals surface area contributed by atoms with E-state index in [-0.39, 0.29) is 16.1 Å².